The number of hydrogen-bond donors (Lipinski definition) is 0. The van der Waals surface area contributed by atoms with Crippen molar-refractivity contribution in [2.75, 3.05) is 39.8 Å². The van der Waals surface area contributed by atoms with E-state index in [2.05, 4.69) is 17.1 Å². The van der Waals surface area contributed by atoms with Gasteiger partial charge in [-0.05, 0) is 17.7 Å². The van der Waals surface area contributed by atoms with Gasteiger partial charge in [0.05, 0.1) is 17.6 Å². The van der Waals surface area contributed by atoms with E-state index in [1.807, 2.05) is 30.3 Å². The topological polar surface area (TPSA) is 66.9 Å². The van der Waals surface area contributed by atoms with Gasteiger partial charge in [-0.15, -0.1) is 0 Å². The summed E-state index contributed by atoms with van der Waals surface area (Å²) >= 11 is 0. The standard InChI is InChI=1S/C21H24N2O4S/c1-27-21(24)19-11-5-6-12-20(19)28(25,26)23-16-14-22(15-17-23)13-7-10-18-8-3-2-4-9-18/h2-12H,13-17H2,1H3/b10-7+. The molecule has 28 heavy (non-hydrogen) atoms. The molecule has 0 atom stereocenters. The van der Waals surface area contributed by atoms with Crippen LogP contribution in [0.25, 0.3) is 6.08 Å². The molecular weight excluding hydrogens is 376 g/mol. The van der Waals surface area contributed by atoms with Crippen LogP contribution in [0.2, 0.25) is 0 Å². The highest BCUT2D eigenvalue weighted by atomic mass is 32.2. The zero-order chi connectivity index (χ0) is 20.0. The molecule has 1 heterocycles. The van der Waals surface area contributed by atoms with Gasteiger partial charge in [0, 0.05) is 32.7 Å². The highest BCUT2D eigenvalue weighted by Crippen LogP contribution is 2.22. The zero-order valence-electron chi connectivity index (χ0n) is 15.8. The minimum Gasteiger partial charge on any atom is -0.465 e. The van der Waals surface area contributed by atoms with E-state index in [1.165, 1.54) is 23.5 Å². The van der Waals surface area contributed by atoms with Gasteiger partial charge in [0.25, 0.3) is 0 Å². The maximum absolute atomic E-state index is 13.0. The lowest BCUT2D eigenvalue weighted by molar-refractivity contribution is 0.0596. The van der Waals surface area contributed by atoms with Crippen LogP contribution in [0.4, 0.5) is 0 Å². The number of nitrogens with zero attached hydrogens (tertiary/aromatic N) is 2. The molecule has 1 aliphatic rings. The quantitative estimate of drug-likeness (QED) is 0.697. The van der Waals surface area contributed by atoms with Crippen LogP contribution >= 0.6 is 0 Å². The van der Waals surface area contributed by atoms with Crippen LogP contribution in [0.3, 0.4) is 0 Å². The lowest BCUT2D eigenvalue weighted by atomic mass is 10.2. The first-order valence-electron chi connectivity index (χ1n) is 9.14. The summed E-state index contributed by atoms with van der Waals surface area (Å²) in [5.74, 6) is -0.649. The van der Waals surface area contributed by atoms with E-state index in [4.69, 9.17) is 4.74 Å². The van der Waals surface area contributed by atoms with Crippen LogP contribution in [0.15, 0.2) is 65.6 Å². The molecule has 7 heteroatoms. The Morgan fingerprint density at radius 2 is 1.64 bits per heavy atom. The van der Waals surface area contributed by atoms with Crippen molar-refractivity contribution in [2.45, 2.75) is 4.90 Å². The third kappa shape index (κ3) is 4.67. The Balaban J connectivity index is 1.63. The van der Waals surface area contributed by atoms with E-state index in [9.17, 15) is 13.2 Å². The lowest BCUT2D eigenvalue weighted by Crippen LogP contribution is -2.48. The average Bonchev–Trinajstić information content (AvgIpc) is 2.74. The molecule has 148 valence electrons. The number of piperazine rings is 1. The monoisotopic (exact) mass is 400 g/mol. The Labute approximate surface area is 166 Å². The molecule has 0 aliphatic carbocycles. The molecule has 2 aromatic carbocycles. The molecule has 1 saturated heterocycles. The molecule has 0 bridgehead atoms. The van der Waals surface area contributed by atoms with Crippen LogP contribution in [-0.4, -0.2) is 63.4 Å². The number of esters is 1. The molecule has 0 unspecified atom stereocenters. The fourth-order valence-corrected chi connectivity index (χ4v) is 4.77. The summed E-state index contributed by atoms with van der Waals surface area (Å²) in [4.78, 5) is 14.1. The first kappa shape index (κ1) is 20.3. The Morgan fingerprint density at radius 1 is 1.00 bits per heavy atom. The largest absolute Gasteiger partial charge is 0.465 e. The summed E-state index contributed by atoms with van der Waals surface area (Å²) in [6, 6.07) is 16.2. The van der Waals surface area contributed by atoms with Gasteiger partial charge in [-0.3, -0.25) is 4.90 Å². The van der Waals surface area contributed by atoms with Gasteiger partial charge in [0.1, 0.15) is 0 Å². The first-order chi connectivity index (χ1) is 13.5. The second-order valence-corrected chi connectivity index (χ2v) is 8.41. The van der Waals surface area contributed by atoms with Crippen molar-refractivity contribution in [3.63, 3.8) is 0 Å². The SMILES string of the molecule is COC(=O)c1ccccc1S(=O)(=O)N1CCN(C/C=C/c2ccccc2)CC1. The van der Waals surface area contributed by atoms with Crippen molar-refractivity contribution >= 4 is 22.1 Å². The first-order valence-corrected chi connectivity index (χ1v) is 10.6. The molecule has 0 amide bonds. The van der Waals surface area contributed by atoms with Gasteiger partial charge in [-0.2, -0.15) is 4.31 Å². The zero-order valence-corrected chi connectivity index (χ0v) is 16.6. The fourth-order valence-electron chi connectivity index (χ4n) is 3.16. The minimum atomic E-state index is -3.75. The summed E-state index contributed by atoms with van der Waals surface area (Å²) in [7, 11) is -2.50. The Bertz CT molecular complexity index is 934. The fraction of sp³-hybridized carbons (Fsp3) is 0.286. The Hall–Kier alpha value is -2.48. The van der Waals surface area contributed by atoms with E-state index in [0.29, 0.717) is 26.2 Å². The van der Waals surface area contributed by atoms with Gasteiger partial charge in [-0.25, -0.2) is 13.2 Å². The highest BCUT2D eigenvalue weighted by molar-refractivity contribution is 7.89. The Morgan fingerprint density at radius 3 is 2.32 bits per heavy atom. The van der Waals surface area contributed by atoms with Crippen LogP contribution in [-0.2, 0) is 14.8 Å². The third-order valence-corrected chi connectivity index (χ3v) is 6.67. The number of ether oxygens (including phenoxy) is 1. The van der Waals surface area contributed by atoms with E-state index >= 15 is 0 Å². The number of hydrogen-bond acceptors (Lipinski definition) is 5. The smallest absolute Gasteiger partial charge is 0.339 e. The normalized spacial score (nSPS) is 16.3. The molecule has 3 rings (SSSR count). The van der Waals surface area contributed by atoms with Crippen LogP contribution < -0.4 is 0 Å². The maximum atomic E-state index is 13.0. The van der Waals surface area contributed by atoms with Gasteiger partial charge in [0.15, 0.2) is 0 Å². The molecule has 0 saturated carbocycles. The molecule has 0 N–H and O–H groups in total. The average molecular weight is 401 g/mol. The third-order valence-electron chi connectivity index (χ3n) is 4.71. The number of methoxy groups -OCH3 is 1. The molecule has 6 nitrogen and oxygen atoms in total. The van der Waals surface area contributed by atoms with Crippen molar-refractivity contribution in [3.05, 3.63) is 71.8 Å². The Kier molecular flexibility index (Phi) is 6.61. The summed E-state index contributed by atoms with van der Waals surface area (Å²) in [5, 5.41) is 0. The van der Waals surface area contributed by atoms with Crippen LogP contribution in [0.5, 0.6) is 0 Å². The lowest BCUT2D eigenvalue weighted by Gasteiger charge is -2.33. The van der Waals surface area contributed by atoms with Crippen molar-refractivity contribution in [3.8, 4) is 0 Å². The molecule has 2 aromatic rings. The number of benzene rings is 2. The molecule has 0 spiro atoms. The van der Waals surface area contributed by atoms with Crippen molar-refractivity contribution in [1.82, 2.24) is 9.21 Å². The van der Waals surface area contributed by atoms with Gasteiger partial charge in [-0.1, -0.05) is 54.6 Å². The van der Waals surface area contributed by atoms with Crippen molar-refractivity contribution in [2.24, 2.45) is 0 Å². The predicted molar refractivity (Wildman–Crippen MR) is 108 cm³/mol. The summed E-state index contributed by atoms with van der Waals surface area (Å²) in [5.41, 5.74) is 1.21. The molecule has 0 aromatic heterocycles. The van der Waals surface area contributed by atoms with Gasteiger partial charge < -0.3 is 4.74 Å². The number of sulfonamides is 1. The van der Waals surface area contributed by atoms with Crippen molar-refractivity contribution < 1.29 is 17.9 Å². The van der Waals surface area contributed by atoms with E-state index in [0.717, 1.165) is 12.1 Å². The van der Waals surface area contributed by atoms with Gasteiger partial charge in [0.2, 0.25) is 10.0 Å². The van der Waals surface area contributed by atoms with Crippen LogP contribution in [0, 0.1) is 0 Å². The van der Waals surface area contributed by atoms with E-state index in [-0.39, 0.29) is 10.5 Å². The molecule has 1 fully saturated rings. The second-order valence-electron chi connectivity index (χ2n) is 6.51. The van der Waals surface area contributed by atoms with E-state index < -0.39 is 16.0 Å². The minimum absolute atomic E-state index is 0.000673. The second kappa shape index (κ2) is 9.14. The number of rotatable bonds is 6. The predicted octanol–water partition coefficient (Wildman–Crippen LogP) is 2.49. The van der Waals surface area contributed by atoms with Gasteiger partial charge >= 0.3 is 5.97 Å². The van der Waals surface area contributed by atoms with Crippen LogP contribution in [0.1, 0.15) is 15.9 Å². The summed E-state index contributed by atoms with van der Waals surface area (Å²) < 4.78 is 32.2. The highest BCUT2D eigenvalue weighted by Gasteiger charge is 2.31. The molecular formula is C21H24N2O4S. The maximum Gasteiger partial charge on any atom is 0.339 e. The number of carbonyl (C=O) groups is 1. The molecule has 1 aliphatic heterocycles. The summed E-state index contributed by atoms with van der Waals surface area (Å²) in [6.45, 7) is 2.81. The summed E-state index contributed by atoms with van der Waals surface area (Å²) in [6.07, 6.45) is 4.15. The van der Waals surface area contributed by atoms with Crippen molar-refractivity contribution in [1.29, 1.82) is 0 Å². The molecule has 0 radical (unpaired) electrons. The number of carbonyl (C=O) groups excluding carboxylic acids is 1. The van der Waals surface area contributed by atoms with E-state index in [1.54, 1.807) is 12.1 Å².